The summed E-state index contributed by atoms with van der Waals surface area (Å²) in [6, 6.07) is 8.03. The van der Waals surface area contributed by atoms with Crippen molar-refractivity contribution in [2.45, 2.75) is 13.5 Å². The average Bonchev–Trinajstić information content (AvgIpc) is 2.55. The lowest BCUT2D eigenvalue weighted by atomic mass is 10.1. The number of aliphatic hydroxyl groups is 1. The molecule has 2 aromatic rings. The molecular weight excluding hydrogens is 367 g/mol. The highest BCUT2D eigenvalue weighted by Gasteiger charge is 2.14. The van der Waals surface area contributed by atoms with E-state index in [0.29, 0.717) is 18.8 Å². The summed E-state index contributed by atoms with van der Waals surface area (Å²) in [5.74, 6) is 0. The van der Waals surface area contributed by atoms with Gasteiger partial charge in [-0.05, 0) is 24.1 Å². The molecule has 0 fully saturated rings. The number of aryl methyl sites for hydroxylation is 1. The normalized spacial score (nSPS) is 11.2. The molecule has 0 amide bonds. The van der Waals surface area contributed by atoms with Crippen molar-refractivity contribution in [3.8, 4) is 0 Å². The van der Waals surface area contributed by atoms with Gasteiger partial charge in [-0.25, -0.2) is 0 Å². The maximum absolute atomic E-state index is 10.8. The van der Waals surface area contributed by atoms with Crippen LogP contribution in [0.2, 0.25) is 10.0 Å². The summed E-state index contributed by atoms with van der Waals surface area (Å²) in [7, 11) is 0. The van der Waals surface area contributed by atoms with Crippen LogP contribution in [0.15, 0.2) is 40.6 Å². The van der Waals surface area contributed by atoms with Crippen molar-refractivity contribution in [1.82, 2.24) is 5.32 Å². The van der Waals surface area contributed by atoms with Crippen molar-refractivity contribution >= 4 is 40.3 Å². The fourth-order valence-corrected chi connectivity index (χ4v) is 2.66. The summed E-state index contributed by atoms with van der Waals surface area (Å²) in [6.07, 6.45) is 0. The van der Waals surface area contributed by atoms with Crippen LogP contribution in [0, 0.1) is 17.0 Å². The smallest absolute Gasteiger partial charge is 0.272 e. The van der Waals surface area contributed by atoms with Crippen LogP contribution in [-0.4, -0.2) is 23.2 Å². The summed E-state index contributed by atoms with van der Waals surface area (Å²) in [6.45, 7) is 3.14. The van der Waals surface area contributed by atoms with Crippen LogP contribution in [0.3, 0.4) is 0 Å². The fourth-order valence-electron chi connectivity index (χ4n) is 2.11. The third kappa shape index (κ3) is 5.20. The molecule has 0 aliphatic carbocycles. The lowest BCUT2D eigenvalue weighted by Crippen LogP contribution is -2.17. The Hall–Kier alpha value is -2.06. The number of aliphatic hydroxyl groups excluding tert-OH is 1. The van der Waals surface area contributed by atoms with E-state index < -0.39 is 4.92 Å². The highest BCUT2D eigenvalue weighted by molar-refractivity contribution is 6.39. The van der Waals surface area contributed by atoms with E-state index in [4.69, 9.17) is 28.3 Å². The van der Waals surface area contributed by atoms with Crippen LogP contribution in [0.1, 0.15) is 11.1 Å². The van der Waals surface area contributed by atoms with Gasteiger partial charge in [-0.15, -0.1) is 5.11 Å². The monoisotopic (exact) mass is 382 g/mol. The number of hydrogen-bond acceptors (Lipinski definition) is 6. The lowest BCUT2D eigenvalue weighted by Gasteiger charge is -2.06. The molecule has 0 spiro atoms. The number of nitro groups is 1. The van der Waals surface area contributed by atoms with E-state index in [0.717, 1.165) is 11.1 Å². The van der Waals surface area contributed by atoms with Crippen molar-refractivity contribution in [2.75, 3.05) is 13.2 Å². The first-order valence-corrected chi connectivity index (χ1v) is 8.14. The molecule has 9 heteroatoms. The molecule has 132 valence electrons. The zero-order valence-corrected chi connectivity index (χ0v) is 14.9. The van der Waals surface area contributed by atoms with E-state index in [1.807, 2.05) is 25.1 Å². The summed E-state index contributed by atoms with van der Waals surface area (Å²) in [4.78, 5) is 10.2. The van der Waals surface area contributed by atoms with Crippen LogP contribution in [0.25, 0.3) is 0 Å². The molecule has 2 aromatic carbocycles. The number of azo groups is 1. The largest absolute Gasteiger partial charge is 0.395 e. The van der Waals surface area contributed by atoms with Crippen molar-refractivity contribution in [3.63, 3.8) is 0 Å². The molecule has 2 N–H and O–H groups in total. The zero-order chi connectivity index (χ0) is 18.4. The van der Waals surface area contributed by atoms with E-state index in [9.17, 15) is 10.1 Å². The number of rotatable bonds is 7. The number of non-ortho nitro benzene ring substituents is 1. The Morgan fingerprint density at radius 2 is 1.88 bits per heavy atom. The Labute approximate surface area is 154 Å². The van der Waals surface area contributed by atoms with Crippen molar-refractivity contribution in [3.05, 3.63) is 61.6 Å². The number of halogens is 2. The van der Waals surface area contributed by atoms with Gasteiger partial charge in [0.2, 0.25) is 0 Å². The highest BCUT2D eigenvalue weighted by atomic mass is 35.5. The van der Waals surface area contributed by atoms with Gasteiger partial charge in [0.05, 0.1) is 27.3 Å². The van der Waals surface area contributed by atoms with Crippen molar-refractivity contribution in [2.24, 2.45) is 10.2 Å². The van der Waals surface area contributed by atoms with Crippen LogP contribution in [0.5, 0.6) is 0 Å². The number of benzene rings is 2. The first kappa shape index (κ1) is 19.3. The van der Waals surface area contributed by atoms with Gasteiger partial charge in [0.25, 0.3) is 5.69 Å². The molecule has 0 aliphatic heterocycles. The molecule has 2 rings (SSSR count). The minimum absolute atomic E-state index is 0.0606. The zero-order valence-electron chi connectivity index (χ0n) is 13.4. The Morgan fingerprint density at radius 1 is 1.20 bits per heavy atom. The van der Waals surface area contributed by atoms with Gasteiger partial charge >= 0.3 is 0 Å². The topological polar surface area (TPSA) is 100 Å². The Balaban J connectivity index is 2.20. The van der Waals surface area contributed by atoms with Crippen LogP contribution < -0.4 is 5.32 Å². The van der Waals surface area contributed by atoms with Gasteiger partial charge in [0.15, 0.2) is 0 Å². The standard InChI is InChI=1S/C16H16Cl2N4O3/c1-10-6-11(9-19-4-5-23)2-3-15(10)20-21-16-13(17)7-12(22(24)25)8-14(16)18/h2-3,6-8,19,23H,4-5,9H2,1H3. The molecule has 0 atom stereocenters. The molecule has 0 heterocycles. The fraction of sp³-hybridized carbons (Fsp3) is 0.250. The van der Waals surface area contributed by atoms with Gasteiger partial charge < -0.3 is 10.4 Å². The maximum Gasteiger partial charge on any atom is 0.272 e. The summed E-state index contributed by atoms with van der Waals surface area (Å²) in [5, 5.41) is 30.9. The lowest BCUT2D eigenvalue weighted by molar-refractivity contribution is -0.384. The summed E-state index contributed by atoms with van der Waals surface area (Å²) >= 11 is 12.0. The second-order valence-electron chi connectivity index (χ2n) is 5.24. The molecule has 0 aliphatic rings. The second kappa shape index (κ2) is 8.87. The van der Waals surface area contributed by atoms with Crippen LogP contribution in [-0.2, 0) is 6.54 Å². The predicted molar refractivity (Wildman–Crippen MR) is 97.3 cm³/mol. The molecule has 0 unspecified atom stereocenters. The number of nitrogens with zero attached hydrogens (tertiary/aromatic N) is 3. The van der Waals surface area contributed by atoms with Gasteiger partial charge in [0.1, 0.15) is 5.69 Å². The maximum atomic E-state index is 10.8. The van der Waals surface area contributed by atoms with Crippen molar-refractivity contribution < 1.29 is 10.0 Å². The van der Waals surface area contributed by atoms with E-state index in [2.05, 4.69) is 15.5 Å². The minimum Gasteiger partial charge on any atom is -0.395 e. The highest BCUT2D eigenvalue weighted by Crippen LogP contribution is 2.38. The Bertz CT molecular complexity index is 789. The molecule has 0 aromatic heterocycles. The first-order chi connectivity index (χ1) is 11.9. The predicted octanol–water partition coefficient (Wildman–Crippen LogP) is 4.71. The van der Waals surface area contributed by atoms with Crippen molar-refractivity contribution in [1.29, 1.82) is 0 Å². The summed E-state index contributed by atoms with van der Waals surface area (Å²) < 4.78 is 0. The molecular formula is C16H16Cl2N4O3. The SMILES string of the molecule is Cc1cc(CNCCO)ccc1N=Nc1c(Cl)cc([N+](=O)[O-])cc1Cl. The van der Waals surface area contributed by atoms with Crippen LogP contribution >= 0.6 is 23.2 Å². The Kier molecular flexibility index (Phi) is 6.83. The molecule has 0 radical (unpaired) electrons. The average molecular weight is 383 g/mol. The van der Waals surface area contributed by atoms with Crippen LogP contribution in [0.4, 0.5) is 17.1 Å². The minimum atomic E-state index is -0.577. The van der Waals surface area contributed by atoms with Gasteiger partial charge in [-0.3, -0.25) is 10.1 Å². The van der Waals surface area contributed by atoms with Gasteiger partial charge in [0, 0.05) is 25.2 Å². The van der Waals surface area contributed by atoms with Gasteiger partial charge in [-0.2, -0.15) is 5.11 Å². The quantitative estimate of drug-likeness (QED) is 0.313. The number of hydrogen-bond donors (Lipinski definition) is 2. The molecule has 25 heavy (non-hydrogen) atoms. The van der Waals surface area contributed by atoms with E-state index in [1.54, 1.807) is 0 Å². The molecule has 0 bridgehead atoms. The number of nitro benzene ring substituents is 1. The second-order valence-corrected chi connectivity index (χ2v) is 6.05. The molecule has 0 saturated heterocycles. The first-order valence-electron chi connectivity index (χ1n) is 7.38. The third-order valence-corrected chi connectivity index (χ3v) is 3.93. The van der Waals surface area contributed by atoms with Gasteiger partial charge in [-0.1, -0.05) is 35.3 Å². The van der Waals surface area contributed by atoms with E-state index in [1.165, 1.54) is 12.1 Å². The van der Waals surface area contributed by atoms with E-state index >= 15 is 0 Å². The number of nitrogens with one attached hydrogen (secondary N) is 1. The third-order valence-electron chi connectivity index (χ3n) is 3.35. The summed E-state index contributed by atoms with van der Waals surface area (Å²) in [5.41, 5.74) is 2.57. The Morgan fingerprint density at radius 3 is 2.44 bits per heavy atom. The van der Waals surface area contributed by atoms with E-state index in [-0.39, 0.29) is 28.0 Å². The molecule has 7 nitrogen and oxygen atoms in total. The molecule has 0 saturated carbocycles.